The lowest BCUT2D eigenvalue weighted by molar-refractivity contribution is -0.116. The average Bonchev–Trinajstić information content (AvgIpc) is 3.21. The van der Waals surface area contributed by atoms with Crippen molar-refractivity contribution in [2.24, 2.45) is 0 Å². The van der Waals surface area contributed by atoms with Crippen molar-refractivity contribution in [3.8, 4) is 11.4 Å². The van der Waals surface area contributed by atoms with Gasteiger partial charge in [0.05, 0.1) is 22.8 Å². The number of aryl methyl sites for hydroxylation is 1. The van der Waals surface area contributed by atoms with Crippen LogP contribution in [0.5, 0.6) is 5.75 Å². The lowest BCUT2D eigenvalue weighted by Gasteiger charge is -2.13. The molecular weight excluding hydrogens is 523 g/mol. The maximum Gasteiger partial charge on any atom is 0.273 e. The van der Waals surface area contributed by atoms with Crippen LogP contribution in [0.4, 0.5) is 17.2 Å². The quantitative estimate of drug-likeness (QED) is 0.163. The predicted octanol–water partition coefficient (Wildman–Crippen LogP) is 8.39. The number of unbranched alkanes of at least 4 members (excludes halogenated alkanes) is 8. The third-order valence-corrected chi connectivity index (χ3v) is 6.94. The van der Waals surface area contributed by atoms with Gasteiger partial charge < -0.3 is 15.4 Å². The van der Waals surface area contributed by atoms with Gasteiger partial charge in [0.2, 0.25) is 5.91 Å². The maximum absolute atomic E-state index is 12.7. The molecule has 3 rings (SSSR count). The van der Waals surface area contributed by atoms with Gasteiger partial charge in [0, 0.05) is 18.2 Å². The van der Waals surface area contributed by atoms with Crippen LogP contribution in [0.1, 0.15) is 76.7 Å². The third kappa shape index (κ3) is 8.57. The average molecular weight is 562 g/mol. The van der Waals surface area contributed by atoms with Crippen LogP contribution < -0.4 is 20.9 Å². The van der Waals surface area contributed by atoms with E-state index >= 15 is 0 Å². The first-order chi connectivity index (χ1) is 18.3. The minimum Gasteiger partial charge on any atom is -0.495 e. The largest absolute Gasteiger partial charge is 0.495 e. The van der Waals surface area contributed by atoms with Gasteiger partial charge >= 0.3 is 0 Å². The number of H-pyrrole nitrogens is 1. The molecule has 9 heteroatoms. The van der Waals surface area contributed by atoms with E-state index in [0.29, 0.717) is 45.1 Å². The summed E-state index contributed by atoms with van der Waals surface area (Å²) in [5.41, 5.74) is 2.16. The smallest absolute Gasteiger partial charge is 0.273 e. The zero-order valence-electron chi connectivity index (χ0n) is 22.5. The molecule has 0 aliphatic rings. The number of ether oxygens (including phenoxy) is 1. The summed E-state index contributed by atoms with van der Waals surface area (Å²) in [6.45, 7) is 4.11. The standard InChI is InChI=1S/C29H38Cl2N4O3/c1-4-5-6-7-8-9-10-11-12-13-27(36)32-21-14-15-25(38-3)24(18-21)33-26-19-28(37)35(34-26)29-22(30)16-20(2)17-23(29)31/h14-19,33-34H,4-13H2,1-3H3,(H,32,36). The number of nitrogens with zero attached hydrogens (tertiary/aromatic N) is 1. The first-order valence-corrected chi connectivity index (χ1v) is 14.1. The summed E-state index contributed by atoms with van der Waals surface area (Å²) in [6, 6.07) is 10.2. The van der Waals surface area contributed by atoms with Crippen LogP contribution in [0.15, 0.2) is 41.2 Å². The number of nitrogens with one attached hydrogen (secondary N) is 3. The summed E-state index contributed by atoms with van der Waals surface area (Å²) in [5.74, 6) is 0.952. The fourth-order valence-electron chi connectivity index (χ4n) is 4.38. The molecule has 0 atom stereocenters. The molecule has 2 aromatic carbocycles. The summed E-state index contributed by atoms with van der Waals surface area (Å²) in [6.07, 6.45) is 11.4. The monoisotopic (exact) mass is 560 g/mol. The second-order valence-electron chi connectivity index (χ2n) is 9.59. The van der Waals surface area contributed by atoms with E-state index in [1.807, 2.05) is 6.92 Å². The second-order valence-corrected chi connectivity index (χ2v) is 10.4. The molecule has 0 fully saturated rings. The van der Waals surface area contributed by atoms with Crippen LogP contribution in [0.3, 0.4) is 0 Å². The maximum atomic E-state index is 12.7. The summed E-state index contributed by atoms with van der Waals surface area (Å²) in [7, 11) is 1.56. The van der Waals surface area contributed by atoms with Gasteiger partial charge in [-0.15, -0.1) is 0 Å². The van der Waals surface area contributed by atoms with Crippen LogP contribution in [0, 0.1) is 6.92 Å². The molecule has 38 heavy (non-hydrogen) atoms. The number of hydrogen-bond acceptors (Lipinski definition) is 4. The molecule has 206 valence electrons. The minimum absolute atomic E-state index is 0.0210. The Morgan fingerprint density at radius 3 is 2.21 bits per heavy atom. The molecule has 0 saturated carbocycles. The van der Waals surface area contributed by atoms with Crippen molar-refractivity contribution in [2.75, 3.05) is 17.7 Å². The highest BCUT2D eigenvalue weighted by Gasteiger charge is 2.15. The lowest BCUT2D eigenvalue weighted by Crippen LogP contribution is -2.14. The fraction of sp³-hybridized carbons (Fsp3) is 0.448. The number of methoxy groups -OCH3 is 1. The van der Waals surface area contributed by atoms with E-state index in [-0.39, 0.29) is 11.5 Å². The number of aromatic nitrogens is 2. The summed E-state index contributed by atoms with van der Waals surface area (Å²) in [4.78, 5) is 25.2. The molecule has 0 bridgehead atoms. The van der Waals surface area contributed by atoms with E-state index in [0.717, 1.165) is 18.4 Å². The van der Waals surface area contributed by atoms with Crippen molar-refractivity contribution in [2.45, 2.75) is 78.1 Å². The van der Waals surface area contributed by atoms with Gasteiger partial charge in [-0.1, -0.05) is 81.5 Å². The summed E-state index contributed by atoms with van der Waals surface area (Å²) >= 11 is 12.7. The number of anilines is 3. The molecule has 1 amide bonds. The number of benzene rings is 2. The number of aromatic amines is 1. The summed E-state index contributed by atoms with van der Waals surface area (Å²) < 4.78 is 6.76. The predicted molar refractivity (Wildman–Crippen MR) is 158 cm³/mol. The van der Waals surface area contributed by atoms with Gasteiger partial charge in [-0.3, -0.25) is 14.7 Å². The normalized spacial score (nSPS) is 11.0. The van der Waals surface area contributed by atoms with Crippen molar-refractivity contribution in [3.63, 3.8) is 0 Å². The zero-order chi connectivity index (χ0) is 27.5. The van der Waals surface area contributed by atoms with Gasteiger partial charge in [0.1, 0.15) is 17.3 Å². The SMILES string of the molecule is CCCCCCCCCCCC(=O)Nc1ccc(OC)c(Nc2cc(=O)n(-c3c(Cl)cc(C)cc3Cl)[nH]2)c1. The van der Waals surface area contributed by atoms with Gasteiger partial charge in [-0.05, 0) is 49.2 Å². The number of rotatable bonds is 15. The Hall–Kier alpha value is -2.90. The Bertz CT molecular complexity index is 1250. The highest BCUT2D eigenvalue weighted by atomic mass is 35.5. The van der Waals surface area contributed by atoms with Crippen molar-refractivity contribution in [1.29, 1.82) is 0 Å². The van der Waals surface area contributed by atoms with E-state index in [4.69, 9.17) is 27.9 Å². The van der Waals surface area contributed by atoms with E-state index in [9.17, 15) is 9.59 Å². The molecule has 0 radical (unpaired) electrons. The summed E-state index contributed by atoms with van der Waals surface area (Å²) in [5, 5.41) is 9.85. The first kappa shape index (κ1) is 29.7. The van der Waals surface area contributed by atoms with Crippen LogP contribution in [-0.2, 0) is 4.79 Å². The van der Waals surface area contributed by atoms with Crippen LogP contribution in [-0.4, -0.2) is 22.8 Å². The topological polar surface area (TPSA) is 88.2 Å². The number of amides is 1. The van der Waals surface area contributed by atoms with Crippen molar-refractivity contribution in [1.82, 2.24) is 9.78 Å². The second kappa shape index (κ2) is 14.9. The third-order valence-electron chi connectivity index (χ3n) is 6.37. The van der Waals surface area contributed by atoms with E-state index in [1.54, 1.807) is 37.4 Å². The fourth-order valence-corrected chi connectivity index (χ4v) is 5.15. The molecule has 0 saturated heterocycles. The Morgan fingerprint density at radius 1 is 0.947 bits per heavy atom. The Kier molecular flexibility index (Phi) is 11.6. The lowest BCUT2D eigenvalue weighted by atomic mass is 10.1. The Balaban J connectivity index is 1.59. The van der Waals surface area contributed by atoms with Gasteiger partial charge in [-0.2, -0.15) is 0 Å². The molecule has 1 heterocycles. The Morgan fingerprint density at radius 2 is 1.58 bits per heavy atom. The van der Waals surface area contributed by atoms with E-state index < -0.39 is 0 Å². The molecule has 3 N–H and O–H groups in total. The molecule has 3 aromatic rings. The molecule has 0 unspecified atom stereocenters. The molecule has 7 nitrogen and oxygen atoms in total. The van der Waals surface area contributed by atoms with Crippen molar-refractivity contribution < 1.29 is 9.53 Å². The molecule has 0 spiro atoms. The molecule has 0 aliphatic heterocycles. The van der Waals surface area contributed by atoms with Gasteiger partial charge in [0.25, 0.3) is 5.56 Å². The molecular formula is C29H38Cl2N4O3. The number of carbonyl (C=O) groups is 1. The van der Waals surface area contributed by atoms with E-state index in [2.05, 4.69) is 22.7 Å². The molecule has 1 aromatic heterocycles. The highest BCUT2D eigenvalue weighted by Crippen LogP contribution is 2.32. The highest BCUT2D eigenvalue weighted by molar-refractivity contribution is 6.37. The first-order valence-electron chi connectivity index (χ1n) is 13.4. The van der Waals surface area contributed by atoms with Crippen molar-refractivity contribution >= 4 is 46.3 Å². The van der Waals surface area contributed by atoms with Crippen molar-refractivity contribution in [3.05, 3.63) is 62.4 Å². The van der Waals surface area contributed by atoms with Gasteiger partial charge in [0.15, 0.2) is 0 Å². The van der Waals surface area contributed by atoms with Gasteiger partial charge in [-0.25, -0.2) is 4.68 Å². The van der Waals surface area contributed by atoms with Crippen LogP contribution >= 0.6 is 23.2 Å². The Labute approximate surface area is 234 Å². The van der Waals surface area contributed by atoms with Crippen LogP contribution in [0.25, 0.3) is 5.69 Å². The number of hydrogen-bond donors (Lipinski definition) is 3. The van der Waals surface area contributed by atoms with E-state index in [1.165, 1.54) is 55.7 Å². The molecule has 0 aliphatic carbocycles. The van der Waals surface area contributed by atoms with Crippen LogP contribution in [0.2, 0.25) is 10.0 Å². The number of carbonyl (C=O) groups excluding carboxylic acids is 1. The number of halogens is 2. The minimum atomic E-state index is -0.329. The zero-order valence-corrected chi connectivity index (χ0v) is 24.0.